The molecule has 15 nitrogen and oxygen atoms in total. The molecule has 1 aromatic rings. The average Bonchev–Trinajstić information content (AvgIpc) is 3.16. The Kier molecular flexibility index (Phi) is 11.4. The Morgan fingerprint density at radius 3 is 2.17 bits per heavy atom. The number of phosphoric acid groups is 1. The summed E-state index contributed by atoms with van der Waals surface area (Å²) in [7, 11) is -5.22. The van der Waals surface area contributed by atoms with Gasteiger partial charge >= 0.3 is 19.9 Å². The zero-order chi connectivity index (χ0) is 32.0. The third kappa shape index (κ3) is 9.38. The minimum atomic E-state index is -5.22. The molecule has 42 heavy (non-hydrogen) atoms. The van der Waals surface area contributed by atoms with E-state index in [1.807, 2.05) is 0 Å². The molecule has 1 aliphatic heterocycles. The Labute approximate surface area is 242 Å². The van der Waals surface area contributed by atoms with E-state index < -0.39 is 66.8 Å². The lowest BCUT2D eigenvalue weighted by Crippen LogP contribution is -2.48. The second-order valence-corrected chi connectivity index (χ2v) is 11.7. The van der Waals surface area contributed by atoms with Crippen molar-refractivity contribution in [1.82, 2.24) is 10.2 Å². The largest absolute Gasteiger partial charge is 0.524 e. The number of nitrogens with zero attached hydrogens (tertiary/aromatic N) is 2. The number of carboxylic acids is 1. The monoisotopic (exact) mass is 613 g/mol. The third-order valence-corrected chi connectivity index (χ3v) is 6.23. The molecule has 1 aromatic carbocycles. The number of aliphatic carboxylic acids is 1. The van der Waals surface area contributed by atoms with Gasteiger partial charge in [0.2, 0.25) is 0 Å². The summed E-state index contributed by atoms with van der Waals surface area (Å²) in [6, 6.07) is 2.08. The molecular weight excluding hydrogens is 577 g/mol. The van der Waals surface area contributed by atoms with Gasteiger partial charge in [0.05, 0.1) is 18.8 Å². The van der Waals surface area contributed by atoms with E-state index in [0.29, 0.717) is 0 Å². The number of phosphoric ester groups is 1. The van der Waals surface area contributed by atoms with Crippen LogP contribution in [0.25, 0.3) is 0 Å². The van der Waals surface area contributed by atoms with E-state index in [9.17, 15) is 43.4 Å². The first-order valence-corrected chi connectivity index (χ1v) is 14.5. The van der Waals surface area contributed by atoms with Gasteiger partial charge < -0.3 is 19.7 Å². The van der Waals surface area contributed by atoms with Crippen LogP contribution in [0.3, 0.4) is 0 Å². The summed E-state index contributed by atoms with van der Waals surface area (Å²) in [5.41, 5.74) is -1.28. The van der Waals surface area contributed by atoms with Crippen molar-refractivity contribution in [2.75, 3.05) is 18.2 Å². The van der Waals surface area contributed by atoms with Crippen molar-refractivity contribution in [3.63, 3.8) is 0 Å². The number of benzene rings is 1. The molecule has 0 spiro atoms. The minimum absolute atomic E-state index is 0.128. The number of imide groups is 1. The molecule has 0 saturated heterocycles. The van der Waals surface area contributed by atoms with Crippen LogP contribution in [-0.4, -0.2) is 74.4 Å². The second-order valence-electron chi connectivity index (χ2n) is 10.5. The Balaban J connectivity index is 2.67. The highest BCUT2D eigenvalue weighted by Crippen LogP contribution is 2.47. The van der Waals surface area contributed by atoms with Crippen molar-refractivity contribution in [2.24, 2.45) is 5.92 Å². The molecule has 232 valence electrons. The van der Waals surface area contributed by atoms with Gasteiger partial charge in [0, 0.05) is 30.1 Å². The fourth-order valence-corrected chi connectivity index (χ4v) is 4.59. The van der Waals surface area contributed by atoms with Gasteiger partial charge in [-0.1, -0.05) is 26.8 Å². The molecule has 0 saturated carbocycles. The van der Waals surface area contributed by atoms with Crippen LogP contribution in [-0.2, 0) is 33.3 Å². The van der Waals surface area contributed by atoms with Crippen LogP contribution in [0.4, 0.5) is 10.5 Å². The molecule has 1 aliphatic rings. The fraction of sp³-hybridized carbons (Fsp3) is 0.500. The van der Waals surface area contributed by atoms with Crippen LogP contribution in [0.2, 0.25) is 0 Å². The van der Waals surface area contributed by atoms with Crippen LogP contribution < -0.4 is 14.9 Å². The van der Waals surface area contributed by atoms with Crippen LogP contribution in [0.5, 0.6) is 5.75 Å². The molecule has 0 fully saturated rings. The lowest BCUT2D eigenvalue weighted by molar-refractivity contribution is -0.140. The summed E-state index contributed by atoms with van der Waals surface area (Å²) in [6.45, 7) is 8.84. The van der Waals surface area contributed by atoms with E-state index in [2.05, 4.69) is 5.32 Å². The number of carbonyl (C=O) groups excluding carboxylic acids is 4. The summed E-state index contributed by atoms with van der Waals surface area (Å²) in [5, 5.41) is 13.2. The van der Waals surface area contributed by atoms with E-state index >= 15 is 0 Å². The van der Waals surface area contributed by atoms with Gasteiger partial charge in [0.25, 0.3) is 17.7 Å². The number of hydroxylamine groups is 1. The normalized spacial score (nSPS) is 15.0. The molecule has 1 heterocycles. The van der Waals surface area contributed by atoms with Gasteiger partial charge in [-0.3, -0.25) is 33.9 Å². The lowest BCUT2D eigenvalue weighted by Gasteiger charge is -2.34. The molecule has 4 N–H and O–H groups in total. The molecular formula is C26H36N3O12P. The number of hydrogen-bond donors (Lipinski definition) is 4. The number of anilines is 1. The highest BCUT2D eigenvalue weighted by atomic mass is 31.2. The van der Waals surface area contributed by atoms with E-state index in [1.54, 1.807) is 34.6 Å². The first-order valence-electron chi connectivity index (χ1n) is 13.0. The molecule has 16 heteroatoms. The van der Waals surface area contributed by atoms with E-state index in [1.165, 1.54) is 25.1 Å². The van der Waals surface area contributed by atoms with E-state index in [-0.39, 0.29) is 30.8 Å². The molecule has 0 aliphatic carbocycles. The van der Waals surface area contributed by atoms with Crippen LogP contribution in [0, 0.1) is 5.92 Å². The zero-order valence-electron chi connectivity index (χ0n) is 24.1. The number of hydrogen-bond acceptors (Lipinski definition) is 9. The van der Waals surface area contributed by atoms with Crippen molar-refractivity contribution in [3.8, 4) is 5.75 Å². The van der Waals surface area contributed by atoms with Gasteiger partial charge in [-0.15, -0.1) is 0 Å². The summed E-state index contributed by atoms with van der Waals surface area (Å²) in [6.07, 6.45) is 0.961. The van der Waals surface area contributed by atoms with Crippen molar-refractivity contribution in [1.29, 1.82) is 0 Å². The smallest absolute Gasteiger partial charge is 0.480 e. The van der Waals surface area contributed by atoms with Gasteiger partial charge in [0.1, 0.15) is 17.4 Å². The number of ether oxygens (including phenoxy) is 1. The third-order valence-electron chi connectivity index (χ3n) is 5.79. The number of rotatable bonds is 13. The van der Waals surface area contributed by atoms with E-state index in [0.717, 1.165) is 22.1 Å². The van der Waals surface area contributed by atoms with Crippen molar-refractivity contribution >= 4 is 43.3 Å². The standard InChI is InChI=1S/C26H36N3O12P/c1-7-18(30)29(39-14-13-28-19(31)11-12-20(28)32)16-9-8-10-17(41-42(36,37)38)22(16)21(15(2)3)23(24(33)34)27-25(35)40-26(4,5)6/h8-12,15,21,23H,7,13-14H2,1-6H3,(H,27,35)(H,33,34)(H2,36,37,38)/t21?,23-/m1/s1. The first kappa shape index (κ1) is 34.4. The number of carbonyl (C=O) groups is 5. The minimum Gasteiger partial charge on any atom is -0.480 e. The predicted octanol–water partition coefficient (Wildman–Crippen LogP) is 2.48. The number of amides is 4. The van der Waals surface area contributed by atoms with Crippen molar-refractivity contribution < 1.29 is 57.5 Å². The highest BCUT2D eigenvalue weighted by Gasteiger charge is 2.40. The Bertz CT molecular complexity index is 1270. The van der Waals surface area contributed by atoms with Gasteiger partial charge in [0.15, 0.2) is 0 Å². The maximum Gasteiger partial charge on any atom is 0.524 e. The first-order chi connectivity index (χ1) is 19.4. The number of alkyl carbamates (subject to hydrolysis) is 1. The zero-order valence-corrected chi connectivity index (χ0v) is 25.0. The topological polar surface area (TPSA) is 209 Å². The van der Waals surface area contributed by atoms with Crippen LogP contribution in [0.15, 0.2) is 30.4 Å². The lowest BCUT2D eigenvalue weighted by atomic mass is 9.80. The summed E-state index contributed by atoms with van der Waals surface area (Å²) < 4.78 is 22.1. The molecule has 4 amide bonds. The predicted molar refractivity (Wildman–Crippen MR) is 147 cm³/mol. The van der Waals surface area contributed by atoms with Crippen molar-refractivity contribution in [2.45, 2.75) is 65.5 Å². The summed E-state index contributed by atoms with van der Waals surface area (Å²) in [5.74, 6) is -5.71. The SMILES string of the molecule is CCC(=O)N(OCCN1C(=O)C=CC1=O)c1cccc(OP(=O)(O)O)c1C(C(C)C)[C@@H](NC(=O)OC(C)(C)C)C(=O)O. The molecule has 0 radical (unpaired) electrons. The Morgan fingerprint density at radius 1 is 1.10 bits per heavy atom. The van der Waals surface area contributed by atoms with Gasteiger partial charge in [-0.05, 0) is 38.8 Å². The van der Waals surface area contributed by atoms with Crippen LogP contribution >= 0.6 is 7.82 Å². The van der Waals surface area contributed by atoms with Gasteiger partial charge in [-0.2, -0.15) is 5.06 Å². The number of carboxylic acid groups (broad SMARTS) is 1. The van der Waals surface area contributed by atoms with E-state index in [4.69, 9.17) is 14.1 Å². The second kappa shape index (κ2) is 13.9. The van der Waals surface area contributed by atoms with Crippen LogP contribution in [0.1, 0.15) is 59.4 Å². The maximum absolute atomic E-state index is 13.1. The summed E-state index contributed by atoms with van der Waals surface area (Å²) in [4.78, 5) is 87.9. The molecule has 0 bridgehead atoms. The average molecular weight is 614 g/mol. The quantitative estimate of drug-likeness (QED) is 0.144. The highest BCUT2D eigenvalue weighted by molar-refractivity contribution is 7.46. The maximum atomic E-state index is 13.1. The summed E-state index contributed by atoms with van der Waals surface area (Å²) >= 11 is 0. The van der Waals surface area contributed by atoms with Gasteiger partial charge in [-0.25, -0.2) is 14.2 Å². The Morgan fingerprint density at radius 2 is 1.69 bits per heavy atom. The molecule has 2 rings (SSSR count). The Hall–Kier alpha value is -3.78. The molecule has 1 unspecified atom stereocenters. The molecule has 0 aromatic heterocycles. The fourth-order valence-electron chi connectivity index (χ4n) is 4.17. The van der Waals surface area contributed by atoms with Crippen molar-refractivity contribution in [3.05, 3.63) is 35.9 Å². The number of nitrogens with one attached hydrogen (secondary N) is 1. The molecule has 2 atom stereocenters.